The molecule has 0 spiro atoms. The Labute approximate surface area is 245 Å². The summed E-state index contributed by atoms with van der Waals surface area (Å²) in [6.45, 7) is 9.63. The first kappa shape index (κ1) is 34.5. The van der Waals surface area contributed by atoms with Crippen LogP contribution in [0.1, 0.15) is 44.2 Å². The quantitative estimate of drug-likeness (QED) is 0.175. The zero-order valence-electron chi connectivity index (χ0n) is 24.6. The van der Waals surface area contributed by atoms with Crippen LogP contribution < -0.4 is 16.0 Å². The van der Waals surface area contributed by atoms with Gasteiger partial charge in [0.1, 0.15) is 5.60 Å². The third-order valence-electron chi connectivity index (χ3n) is 5.07. The van der Waals surface area contributed by atoms with Crippen LogP contribution in [0.4, 0.5) is 4.79 Å². The van der Waals surface area contributed by atoms with Gasteiger partial charge in [-0.15, -0.1) is 15.0 Å². The SMILES string of the molecule is CC(C)(C)OC(=O)NCCOCCOCCOCCOCCC(=O)NCCCNC(=O)c1nnn(-c2ccccc2)n1. The maximum Gasteiger partial charge on any atom is 0.407 e. The summed E-state index contributed by atoms with van der Waals surface area (Å²) in [6, 6.07) is 9.16. The van der Waals surface area contributed by atoms with Crippen molar-refractivity contribution in [1.29, 1.82) is 0 Å². The Hall–Kier alpha value is -3.66. The highest BCUT2D eigenvalue weighted by molar-refractivity contribution is 5.90. The molecule has 0 saturated heterocycles. The first-order chi connectivity index (χ1) is 20.2. The molecule has 1 aromatic heterocycles. The Bertz CT molecular complexity index is 1050. The number of nitrogens with one attached hydrogen (secondary N) is 3. The average Bonchev–Trinajstić information content (AvgIpc) is 3.45. The third kappa shape index (κ3) is 16.6. The first-order valence-corrected chi connectivity index (χ1v) is 13.9. The van der Waals surface area contributed by atoms with E-state index in [4.69, 9.17) is 23.7 Å². The second-order valence-electron chi connectivity index (χ2n) is 9.83. The van der Waals surface area contributed by atoms with Crippen molar-refractivity contribution in [3.63, 3.8) is 0 Å². The number of benzene rings is 1. The first-order valence-electron chi connectivity index (χ1n) is 13.9. The summed E-state index contributed by atoms with van der Waals surface area (Å²) in [5, 5.41) is 19.8. The van der Waals surface area contributed by atoms with E-state index < -0.39 is 17.6 Å². The fourth-order valence-electron chi connectivity index (χ4n) is 3.13. The van der Waals surface area contributed by atoms with Gasteiger partial charge in [-0.3, -0.25) is 9.59 Å². The normalized spacial score (nSPS) is 11.2. The van der Waals surface area contributed by atoms with E-state index in [0.29, 0.717) is 78.0 Å². The fourth-order valence-corrected chi connectivity index (χ4v) is 3.13. The van der Waals surface area contributed by atoms with Crippen LogP contribution in [-0.2, 0) is 28.5 Å². The van der Waals surface area contributed by atoms with Crippen molar-refractivity contribution in [3.8, 4) is 5.69 Å². The van der Waals surface area contributed by atoms with Gasteiger partial charge in [-0.25, -0.2) is 4.79 Å². The standard InChI is InChI=1S/C27H43N7O8/c1-27(2,3)42-26(37)30-13-15-39-17-19-41-21-20-40-18-16-38-14-10-23(35)28-11-7-12-29-25(36)24-31-33-34(32-24)22-8-5-4-6-9-22/h4-6,8-9H,7,10-21H2,1-3H3,(H,28,35)(H,29,36)(H,30,37). The van der Waals surface area contributed by atoms with Gasteiger partial charge in [0.05, 0.1) is 58.5 Å². The molecule has 0 aliphatic rings. The highest BCUT2D eigenvalue weighted by Gasteiger charge is 2.15. The molecular formula is C27H43N7O8. The number of hydrogen-bond acceptors (Lipinski definition) is 11. The summed E-state index contributed by atoms with van der Waals surface area (Å²) in [4.78, 5) is 36.8. The molecule has 1 aromatic carbocycles. The summed E-state index contributed by atoms with van der Waals surface area (Å²) >= 11 is 0. The van der Waals surface area contributed by atoms with Crippen molar-refractivity contribution >= 4 is 17.9 Å². The maximum atomic E-state index is 12.2. The molecule has 0 radical (unpaired) electrons. The minimum absolute atomic E-state index is 0.0238. The number of hydrogen-bond donors (Lipinski definition) is 3. The van der Waals surface area contributed by atoms with Crippen molar-refractivity contribution in [1.82, 2.24) is 36.2 Å². The van der Waals surface area contributed by atoms with Crippen LogP contribution in [-0.4, -0.2) is 116 Å². The van der Waals surface area contributed by atoms with Crippen molar-refractivity contribution in [3.05, 3.63) is 36.2 Å². The lowest BCUT2D eigenvalue weighted by Gasteiger charge is -2.19. The Morgan fingerprint density at radius 2 is 1.36 bits per heavy atom. The average molecular weight is 594 g/mol. The number of amides is 3. The van der Waals surface area contributed by atoms with Crippen LogP contribution in [0.25, 0.3) is 5.69 Å². The number of carbonyl (C=O) groups excluding carboxylic acids is 3. The van der Waals surface area contributed by atoms with E-state index in [-0.39, 0.29) is 24.8 Å². The Morgan fingerprint density at radius 1 is 0.762 bits per heavy atom. The molecule has 0 unspecified atom stereocenters. The second-order valence-corrected chi connectivity index (χ2v) is 9.83. The maximum absolute atomic E-state index is 12.2. The molecule has 3 N–H and O–H groups in total. The lowest BCUT2D eigenvalue weighted by molar-refractivity contribution is -0.122. The molecule has 2 aromatic rings. The van der Waals surface area contributed by atoms with Gasteiger partial charge < -0.3 is 39.6 Å². The zero-order chi connectivity index (χ0) is 30.5. The Balaban J connectivity index is 1.32. The zero-order valence-corrected chi connectivity index (χ0v) is 24.6. The minimum Gasteiger partial charge on any atom is -0.444 e. The van der Waals surface area contributed by atoms with Crippen LogP contribution >= 0.6 is 0 Å². The number of rotatable bonds is 21. The number of para-hydroxylation sites is 1. The van der Waals surface area contributed by atoms with Crippen LogP contribution in [0.3, 0.4) is 0 Å². The summed E-state index contributed by atoms with van der Waals surface area (Å²) in [5.41, 5.74) is 0.179. The van der Waals surface area contributed by atoms with E-state index in [9.17, 15) is 14.4 Å². The molecule has 2 rings (SSSR count). The van der Waals surface area contributed by atoms with Gasteiger partial charge in [-0.05, 0) is 44.5 Å². The molecule has 15 nitrogen and oxygen atoms in total. The van der Waals surface area contributed by atoms with E-state index >= 15 is 0 Å². The van der Waals surface area contributed by atoms with E-state index in [1.54, 1.807) is 20.8 Å². The predicted molar refractivity (Wildman–Crippen MR) is 151 cm³/mol. The molecular weight excluding hydrogens is 550 g/mol. The van der Waals surface area contributed by atoms with Crippen LogP contribution in [0.15, 0.2) is 30.3 Å². The second kappa shape index (κ2) is 20.3. The van der Waals surface area contributed by atoms with Gasteiger partial charge in [0, 0.05) is 26.1 Å². The summed E-state index contributed by atoms with van der Waals surface area (Å²) in [5.74, 6) is -0.587. The molecule has 0 bridgehead atoms. The van der Waals surface area contributed by atoms with Gasteiger partial charge in [0.15, 0.2) is 0 Å². The molecule has 234 valence electrons. The van der Waals surface area contributed by atoms with Crippen molar-refractivity contribution in [2.24, 2.45) is 0 Å². The highest BCUT2D eigenvalue weighted by Crippen LogP contribution is 2.06. The summed E-state index contributed by atoms with van der Waals surface area (Å²) in [7, 11) is 0. The van der Waals surface area contributed by atoms with Crippen molar-refractivity contribution in [2.45, 2.75) is 39.2 Å². The highest BCUT2D eigenvalue weighted by atomic mass is 16.6. The van der Waals surface area contributed by atoms with E-state index in [1.807, 2.05) is 30.3 Å². The van der Waals surface area contributed by atoms with E-state index in [0.717, 1.165) is 0 Å². The van der Waals surface area contributed by atoms with Crippen LogP contribution in [0.2, 0.25) is 0 Å². The van der Waals surface area contributed by atoms with E-state index in [1.165, 1.54) is 4.80 Å². The molecule has 0 aliphatic carbocycles. The summed E-state index contributed by atoms with van der Waals surface area (Å²) < 4.78 is 26.7. The number of nitrogens with zero attached hydrogens (tertiary/aromatic N) is 4. The van der Waals surface area contributed by atoms with Gasteiger partial charge in [0.25, 0.3) is 11.7 Å². The van der Waals surface area contributed by atoms with Crippen LogP contribution in [0.5, 0.6) is 0 Å². The smallest absolute Gasteiger partial charge is 0.407 e. The molecule has 1 heterocycles. The number of aromatic nitrogens is 4. The minimum atomic E-state index is -0.526. The molecule has 42 heavy (non-hydrogen) atoms. The van der Waals surface area contributed by atoms with E-state index in [2.05, 4.69) is 31.4 Å². The van der Waals surface area contributed by atoms with Crippen LogP contribution in [0, 0.1) is 0 Å². The molecule has 0 saturated carbocycles. The lowest BCUT2D eigenvalue weighted by Crippen LogP contribution is -2.34. The largest absolute Gasteiger partial charge is 0.444 e. The number of carbonyl (C=O) groups is 3. The molecule has 0 fully saturated rings. The molecule has 0 atom stereocenters. The van der Waals surface area contributed by atoms with Gasteiger partial charge in [-0.2, -0.15) is 0 Å². The van der Waals surface area contributed by atoms with Gasteiger partial charge in [0.2, 0.25) is 5.91 Å². The lowest BCUT2D eigenvalue weighted by atomic mass is 10.2. The topological polar surface area (TPSA) is 177 Å². The number of tetrazole rings is 1. The Morgan fingerprint density at radius 3 is 2.00 bits per heavy atom. The predicted octanol–water partition coefficient (Wildman–Crippen LogP) is 0.880. The molecule has 0 aliphatic heterocycles. The number of alkyl carbamates (subject to hydrolysis) is 1. The third-order valence-corrected chi connectivity index (χ3v) is 5.07. The Kier molecular flexibility index (Phi) is 16.7. The summed E-state index contributed by atoms with van der Waals surface area (Å²) in [6.07, 6.45) is 0.316. The van der Waals surface area contributed by atoms with Gasteiger partial charge >= 0.3 is 6.09 Å². The van der Waals surface area contributed by atoms with Crippen molar-refractivity contribution in [2.75, 3.05) is 72.5 Å². The van der Waals surface area contributed by atoms with Crippen molar-refractivity contribution < 1.29 is 38.1 Å². The fraction of sp³-hybridized carbons (Fsp3) is 0.630. The molecule has 3 amide bonds. The number of ether oxygens (including phenoxy) is 5. The monoisotopic (exact) mass is 593 g/mol. The van der Waals surface area contributed by atoms with Gasteiger partial charge in [-0.1, -0.05) is 18.2 Å². The molecule has 15 heteroatoms.